The van der Waals surface area contributed by atoms with Crippen LogP contribution in [0.1, 0.15) is 25.7 Å². The summed E-state index contributed by atoms with van der Waals surface area (Å²) in [6.07, 6.45) is 7.41. The lowest BCUT2D eigenvalue weighted by Gasteiger charge is -2.36. The number of aromatic nitrogens is 4. The zero-order valence-corrected chi connectivity index (χ0v) is 21.5. The van der Waals surface area contributed by atoms with Gasteiger partial charge in [-0.1, -0.05) is 11.6 Å². The van der Waals surface area contributed by atoms with Crippen LogP contribution in [0.5, 0.6) is 0 Å². The van der Waals surface area contributed by atoms with E-state index in [9.17, 15) is 17.9 Å². The average Bonchev–Trinajstić information content (AvgIpc) is 3.05. The molecule has 1 saturated carbocycles. The molecule has 3 aromatic heterocycles. The quantitative estimate of drug-likeness (QED) is 0.398. The summed E-state index contributed by atoms with van der Waals surface area (Å²) in [7, 11) is -1.93. The van der Waals surface area contributed by atoms with Crippen LogP contribution in [0.3, 0.4) is 0 Å². The van der Waals surface area contributed by atoms with E-state index in [-0.39, 0.29) is 24.0 Å². The van der Waals surface area contributed by atoms with E-state index in [0.717, 1.165) is 17.8 Å². The minimum atomic E-state index is -3.35. The molecule has 0 bridgehead atoms. The summed E-state index contributed by atoms with van der Waals surface area (Å²) in [4.78, 5) is 12.9. The number of fused-ring (bicyclic) bond motifs is 1. The molecule has 0 spiro atoms. The first-order chi connectivity index (χ1) is 15.1. The van der Waals surface area contributed by atoms with Crippen LogP contribution in [0.2, 0.25) is 5.02 Å². The molecule has 0 radical (unpaired) electrons. The van der Waals surface area contributed by atoms with Crippen molar-refractivity contribution < 1.29 is 17.9 Å². The molecule has 0 unspecified atom stereocenters. The molecule has 3 heterocycles. The zero-order chi connectivity index (χ0) is 23.1. The summed E-state index contributed by atoms with van der Waals surface area (Å²) in [6.45, 7) is 0. The van der Waals surface area contributed by atoms with Gasteiger partial charge in [0.1, 0.15) is 9.84 Å². The smallest absolute Gasteiger partial charge is 0.183 e. The molecule has 2 atom stereocenters. The van der Waals surface area contributed by atoms with E-state index in [1.807, 2.05) is 10.2 Å². The third-order valence-corrected chi connectivity index (χ3v) is 8.30. The molecule has 13 heteroatoms. The van der Waals surface area contributed by atoms with Crippen LogP contribution in [-0.4, -0.2) is 56.1 Å². The van der Waals surface area contributed by atoms with E-state index < -0.39 is 21.3 Å². The lowest BCUT2D eigenvalue weighted by molar-refractivity contribution is 0.0214. The number of sulfone groups is 1. The highest BCUT2D eigenvalue weighted by molar-refractivity contribution is 14.2. The summed E-state index contributed by atoms with van der Waals surface area (Å²) in [5, 5.41) is 15.0. The van der Waals surface area contributed by atoms with Crippen LogP contribution in [0.15, 0.2) is 24.7 Å². The van der Waals surface area contributed by atoms with Crippen molar-refractivity contribution in [1.82, 2.24) is 18.9 Å². The molecule has 0 aromatic carbocycles. The average molecular weight is 612 g/mol. The van der Waals surface area contributed by atoms with Gasteiger partial charge in [0.25, 0.3) is 0 Å². The Morgan fingerprint density at radius 1 is 1.44 bits per heavy atom. The Bertz CT molecular complexity index is 1280. The Morgan fingerprint density at radius 3 is 2.94 bits per heavy atom. The molecule has 0 amide bonds. The number of nitrogens with one attached hydrogen (secondary N) is 1. The Hall–Kier alpha value is -1.22. The molecule has 32 heavy (non-hydrogen) atoms. The van der Waals surface area contributed by atoms with Gasteiger partial charge in [-0.05, 0) is 31.7 Å². The van der Waals surface area contributed by atoms with E-state index in [2.05, 4.69) is 41.5 Å². The van der Waals surface area contributed by atoms with Crippen LogP contribution in [0.25, 0.3) is 22.4 Å². The molecule has 0 aliphatic heterocycles. The highest BCUT2D eigenvalue weighted by Gasteiger charge is 2.37. The predicted octanol–water partition coefficient (Wildman–Crippen LogP) is 4.26. The maximum absolute atomic E-state index is 14.6. The standard InChI is InChI=1S/C19H20ClFIN5O3S2/c1-32(29,30)10-19(28)4-2-3-12(6-19)25-17-15(21)8-23-16(26-17)14-9-27(31-22)18-13(14)5-11(20)7-24-18/h5,7-9,12,28H,2-4,6,10H2,1H3,(H,23,25,26)/t12-,19+/m0/s1. The van der Waals surface area contributed by atoms with Gasteiger partial charge >= 0.3 is 0 Å². The predicted molar refractivity (Wildman–Crippen MR) is 133 cm³/mol. The Kier molecular flexibility index (Phi) is 6.88. The minimum Gasteiger partial charge on any atom is -0.389 e. The van der Waals surface area contributed by atoms with Crippen molar-refractivity contribution in [3.8, 4) is 11.4 Å². The van der Waals surface area contributed by atoms with Crippen molar-refractivity contribution in [2.24, 2.45) is 0 Å². The number of rotatable bonds is 6. The van der Waals surface area contributed by atoms with Crippen molar-refractivity contribution in [3.05, 3.63) is 35.5 Å². The molecule has 172 valence electrons. The molecule has 0 saturated heterocycles. The maximum Gasteiger partial charge on any atom is 0.183 e. The number of hydrogen-bond acceptors (Lipinski definition) is 8. The van der Waals surface area contributed by atoms with Gasteiger partial charge in [-0.15, -0.1) is 0 Å². The fourth-order valence-corrected chi connectivity index (χ4v) is 6.81. The van der Waals surface area contributed by atoms with Crippen LogP contribution in [-0.2, 0) is 9.84 Å². The minimum absolute atomic E-state index is 0.00150. The lowest BCUT2D eigenvalue weighted by Crippen LogP contribution is -2.45. The van der Waals surface area contributed by atoms with E-state index in [1.165, 1.54) is 9.12 Å². The van der Waals surface area contributed by atoms with Gasteiger partial charge in [-0.2, -0.15) is 0 Å². The third-order valence-electron chi connectivity index (χ3n) is 5.33. The Labute approximate surface area is 206 Å². The van der Waals surface area contributed by atoms with Crippen LogP contribution < -0.4 is 5.32 Å². The molecule has 1 aliphatic carbocycles. The van der Waals surface area contributed by atoms with E-state index in [4.69, 9.17) is 11.6 Å². The van der Waals surface area contributed by atoms with Gasteiger partial charge in [-0.3, -0.25) is 3.97 Å². The number of pyridine rings is 1. The SMILES string of the molecule is CS(=O)(=O)C[C@@]1(O)CCC[C@H](Nc2nc(-c3cn(SI)c4ncc(Cl)cc34)ncc2F)C1. The number of anilines is 1. The second-order valence-electron chi connectivity index (χ2n) is 8.08. The summed E-state index contributed by atoms with van der Waals surface area (Å²) < 4.78 is 39.8. The first kappa shape index (κ1) is 23.9. The fourth-order valence-electron chi connectivity index (χ4n) is 4.16. The molecule has 1 aliphatic rings. The number of aliphatic hydroxyl groups is 1. The molecular weight excluding hydrogens is 592 g/mol. The Balaban J connectivity index is 1.64. The van der Waals surface area contributed by atoms with Crippen molar-refractivity contribution in [2.45, 2.75) is 37.3 Å². The van der Waals surface area contributed by atoms with Crippen molar-refractivity contribution in [1.29, 1.82) is 0 Å². The summed E-state index contributed by atoms with van der Waals surface area (Å²) >= 11 is 8.26. The van der Waals surface area contributed by atoms with Crippen molar-refractivity contribution in [3.63, 3.8) is 0 Å². The maximum atomic E-state index is 14.6. The molecule has 1 fully saturated rings. The van der Waals surface area contributed by atoms with Crippen LogP contribution in [0.4, 0.5) is 10.2 Å². The summed E-state index contributed by atoms with van der Waals surface area (Å²) in [5.74, 6) is -0.651. The van der Waals surface area contributed by atoms with Crippen LogP contribution >= 0.6 is 41.9 Å². The first-order valence-electron chi connectivity index (χ1n) is 9.72. The van der Waals surface area contributed by atoms with Gasteiger partial charge < -0.3 is 10.4 Å². The third kappa shape index (κ3) is 5.29. The van der Waals surface area contributed by atoms with Gasteiger partial charge in [0.05, 0.1) is 22.6 Å². The van der Waals surface area contributed by atoms with Gasteiger partial charge in [0, 0.05) is 66.0 Å². The highest BCUT2D eigenvalue weighted by Crippen LogP contribution is 2.35. The van der Waals surface area contributed by atoms with Crippen LogP contribution in [0, 0.1) is 5.82 Å². The van der Waals surface area contributed by atoms with Gasteiger partial charge in [0.15, 0.2) is 23.1 Å². The highest BCUT2D eigenvalue weighted by atomic mass is 127. The number of nitrogens with zero attached hydrogens (tertiary/aromatic N) is 4. The van der Waals surface area contributed by atoms with Crippen molar-refractivity contribution >= 4 is 68.6 Å². The number of halogens is 3. The lowest BCUT2D eigenvalue weighted by atomic mass is 9.83. The van der Waals surface area contributed by atoms with Crippen molar-refractivity contribution in [2.75, 3.05) is 17.3 Å². The molecule has 8 nitrogen and oxygen atoms in total. The van der Waals surface area contributed by atoms with Gasteiger partial charge in [-0.25, -0.2) is 27.8 Å². The second-order valence-corrected chi connectivity index (χ2v) is 12.4. The fraction of sp³-hybridized carbons (Fsp3) is 0.421. The van der Waals surface area contributed by atoms with E-state index >= 15 is 0 Å². The second kappa shape index (κ2) is 9.20. The Morgan fingerprint density at radius 2 is 2.22 bits per heavy atom. The van der Waals surface area contributed by atoms with E-state index in [0.29, 0.717) is 41.3 Å². The molecule has 3 aromatic rings. The number of hydrogen-bond donors (Lipinski definition) is 2. The summed E-state index contributed by atoms with van der Waals surface area (Å²) in [5.41, 5.74) is -0.00721. The van der Waals surface area contributed by atoms with Gasteiger partial charge in [0.2, 0.25) is 0 Å². The largest absolute Gasteiger partial charge is 0.389 e. The molecular formula is C19H20ClFIN5O3S2. The monoisotopic (exact) mass is 611 g/mol. The topological polar surface area (TPSA) is 110 Å². The summed E-state index contributed by atoms with van der Waals surface area (Å²) in [6, 6.07) is 1.43. The normalized spacial score (nSPS) is 21.7. The zero-order valence-electron chi connectivity index (χ0n) is 16.9. The molecule has 2 N–H and O–H groups in total. The molecule has 4 rings (SSSR count). The first-order valence-corrected chi connectivity index (χ1v) is 15.5. The van der Waals surface area contributed by atoms with E-state index in [1.54, 1.807) is 12.3 Å².